The average Bonchev–Trinajstić information content (AvgIpc) is 2.76. The lowest BCUT2D eigenvalue weighted by atomic mass is 10.0. The predicted molar refractivity (Wildman–Crippen MR) is 114 cm³/mol. The molecule has 0 spiro atoms. The molecule has 0 radical (unpaired) electrons. The van der Waals surface area contributed by atoms with Crippen LogP contribution < -0.4 is 22.7 Å². The van der Waals surface area contributed by atoms with Gasteiger partial charge < -0.3 is 26.5 Å². The lowest BCUT2D eigenvalue weighted by molar-refractivity contribution is -0.896. The van der Waals surface area contributed by atoms with E-state index in [-0.39, 0.29) is 29.0 Å². The predicted octanol–water partition coefficient (Wildman–Crippen LogP) is 0.244. The van der Waals surface area contributed by atoms with Crippen LogP contribution in [-0.2, 0) is 4.74 Å². The summed E-state index contributed by atoms with van der Waals surface area (Å²) >= 11 is 0. The first-order chi connectivity index (χ1) is 14.1. The minimum atomic E-state index is -0.462. The van der Waals surface area contributed by atoms with E-state index in [1.807, 2.05) is 30.3 Å². The van der Waals surface area contributed by atoms with Crippen molar-refractivity contribution in [2.45, 2.75) is 27.2 Å². The molecule has 6 heteroatoms. The Balaban J connectivity index is 0.00000320. The smallest absolute Gasteiger partial charge is 0.341 e. The molecule has 0 bridgehead atoms. The minimum Gasteiger partial charge on any atom is -1.00 e. The van der Waals surface area contributed by atoms with Crippen LogP contribution in [0.5, 0.6) is 0 Å². The Morgan fingerprint density at radius 2 is 1.73 bits per heavy atom. The fourth-order valence-corrected chi connectivity index (χ4v) is 3.50. The first-order valence-electron chi connectivity index (χ1n) is 10.2. The Hall–Kier alpha value is -2.63. The zero-order valence-corrected chi connectivity index (χ0v) is 18.4. The zero-order valence-electron chi connectivity index (χ0n) is 17.7. The third-order valence-electron chi connectivity index (χ3n) is 5.31. The third-order valence-corrected chi connectivity index (χ3v) is 5.31. The van der Waals surface area contributed by atoms with Crippen molar-refractivity contribution in [2.24, 2.45) is 0 Å². The van der Waals surface area contributed by atoms with Crippen molar-refractivity contribution in [3.63, 3.8) is 0 Å². The summed E-state index contributed by atoms with van der Waals surface area (Å²) in [5, 5.41) is 0.393. The maximum atomic E-state index is 12.9. The largest absolute Gasteiger partial charge is 1.00 e. The molecule has 0 aliphatic carbocycles. The SMILES string of the molecule is CC[NH+](CC)CCCOC(=O)c1cccc2c(=O)c(C)c(-c3ccccc3)oc12.[Cl-]. The molecule has 0 atom stereocenters. The van der Waals surface area contributed by atoms with E-state index in [2.05, 4.69) is 13.8 Å². The molecule has 0 aliphatic heterocycles. The van der Waals surface area contributed by atoms with E-state index >= 15 is 0 Å². The van der Waals surface area contributed by atoms with E-state index in [4.69, 9.17) is 9.15 Å². The number of esters is 1. The van der Waals surface area contributed by atoms with Gasteiger partial charge in [0.25, 0.3) is 0 Å². The molecule has 5 nitrogen and oxygen atoms in total. The van der Waals surface area contributed by atoms with Crippen LogP contribution in [0.2, 0.25) is 0 Å². The molecule has 1 N–H and O–H groups in total. The number of para-hydroxylation sites is 1. The van der Waals surface area contributed by atoms with Crippen molar-refractivity contribution < 1.29 is 31.3 Å². The normalized spacial score (nSPS) is 10.8. The zero-order chi connectivity index (χ0) is 20.8. The number of carbonyl (C=O) groups excluding carboxylic acids is 1. The van der Waals surface area contributed by atoms with Crippen LogP contribution >= 0.6 is 0 Å². The van der Waals surface area contributed by atoms with Gasteiger partial charge in [0.05, 0.1) is 31.6 Å². The quantitative estimate of drug-likeness (QED) is 0.412. The lowest BCUT2D eigenvalue weighted by Gasteiger charge is -2.15. The van der Waals surface area contributed by atoms with E-state index in [0.717, 1.165) is 31.6 Å². The van der Waals surface area contributed by atoms with Crippen LogP contribution in [0.15, 0.2) is 57.7 Å². The summed E-state index contributed by atoms with van der Waals surface area (Å²) in [6.45, 7) is 9.46. The summed E-state index contributed by atoms with van der Waals surface area (Å²) in [4.78, 5) is 27.1. The second-order valence-corrected chi connectivity index (χ2v) is 7.13. The van der Waals surface area contributed by atoms with Crippen molar-refractivity contribution in [1.29, 1.82) is 0 Å². The third kappa shape index (κ3) is 5.10. The van der Waals surface area contributed by atoms with Gasteiger partial charge in [-0.1, -0.05) is 36.4 Å². The lowest BCUT2D eigenvalue weighted by Crippen LogP contribution is -3.11. The highest BCUT2D eigenvalue weighted by Crippen LogP contribution is 2.27. The number of ether oxygens (including phenoxy) is 1. The fraction of sp³-hybridized carbons (Fsp3) is 0.333. The molecule has 0 fully saturated rings. The van der Waals surface area contributed by atoms with E-state index in [9.17, 15) is 9.59 Å². The van der Waals surface area contributed by atoms with Crippen molar-refractivity contribution in [3.8, 4) is 11.3 Å². The highest BCUT2D eigenvalue weighted by Gasteiger charge is 2.19. The molecular formula is C24H28ClNO4. The molecule has 0 saturated heterocycles. The van der Waals surface area contributed by atoms with Gasteiger partial charge >= 0.3 is 5.97 Å². The number of benzene rings is 2. The standard InChI is InChI=1S/C24H27NO4.ClH/c1-4-25(5-2)15-10-16-28-24(27)20-14-9-13-19-21(26)17(3)22(29-23(19)20)18-11-7-6-8-12-18;/h6-9,11-14H,4-5,10,15-16H2,1-3H3;1H. The van der Waals surface area contributed by atoms with Crippen molar-refractivity contribution in [1.82, 2.24) is 0 Å². The van der Waals surface area contributed by atoms with Gasteiger partial charge in [0.1, 0.15) is 11.3 Å². The van der Waals surface area contributed by atoms with Crippen LogP contribution in [0.3, 0.4) is 0 Å². The van der Waals surface area contributed by atoms with Gasteiger partial charge in [0, 0.05) is 17.5 Å². The maximum absolute atomic E-state index is 12.9. The van der Waals surface area contributed by atoms with Crippen molar-refractivity contribution >= 4 is 16.9 Å². The van der Waals surface area contributed by atoms with Gasteiger partial charge in [0.2, 0.25) is 0 Å². The summed E-state index contributed by atoms with van der Waals surface area (Å²) in [6, 6.07) is 14.5. The second kappa shape index (κ2) is 11.0. The molecule has 3 rings (SSSR count). The first-order valence-corrected chi connectivity index (χ1v) is 10.2. The Bertz CT molecular complexity index is 1040. The van der Waals surface area contributed by atoms with Gasteiger partial charge in [-0.25, -0.2) is 4.79 Å². The van der Waals surface area contributed by atoms with Gasteiger partial charge in [-0.05, 0) is 32.9 Å². The summed E-state index contributed by atoms with van der Waals surface area (Å²) < 4.78 is 11.6. The number of halogens is 1. The molecule has 1 aromatic heterocycles. The second-order valence-electron chi connectivity index (χ2n) is 7.13. The number of fused-ring (bicyclic) bond motifs is 1. The molecule has 0 saturated carbocycles. The van der Waals surface area contributed by atoms with Crippen molar-refractivity contribution in [3.05, 3.63) is 69.9 Å². The topological polar surface area (TPSA) is 61.0 Å². The van der Waals surface area contributed by atoms with E-state index in [0.29, 0.717) is 23.3 Å². The van der Waals surface area contributed by atoms with Gasteiger partial charge in [-0.2, -0.15) is 0 Å². The Labute approximate surface area is 183 Å². The van der Waals surface area contributed by atoms with E-state index in [1.165, 1.54) is 4.90 Å². The highest BCUT2D eigenvalue weighted by molar-refractivity contribution is 6.02. The molecule has 3 aromatic rings. The Morgan fingerprint density at radius 1 is 1.03 bits per heavy atom. The molecule has 0 aliphatic rings. The molecule has 0 unspecified atom stereocenters. The molecule has 2 aromatic carbocycles. The fourth-order valence-electron chi connectivity index (χ4n) is 3.50. The number of carbonyl (C=O) groups is 1. The number of quaternary nitrogens is 1. The molecule has 1 heterocycles. The van der Waals surface area contributed by atoms with Crippen LogP contribution in [0, 0.1) is 6.92 Å². The number of rotatable bonds is 8. The summed E-state index contributed by atoms with van der Waals surface area (Å²) in [5.74, 6) is 0.0182. The maximum Gasteiger partial charge on any atom is 0.341 e. The molecule has 160 valence electrons. The van der Waals surface area contributed by atoms with E-state index < -0.39 is 5.97 Å². The molecular weight excluding hydrogens is 402 g/mol. The number of hydrogen-bond donors (Lipinski definition) is 1. The monoisotopic (exact) mass is 429 g/mol. The molecule has 0 amide bonds. The number of hydrogen-bond acceptors (Lipinski definition) is 4. The summed E-state index contributed by atoms with van der Waals surface area (Å²) in [5.41, 5.74) is 1.75. The Morgan fingerprint density at radius 3 is 2.40 bits per heavy atom. The Kier molecular flexibility index (Phi) is 8.63. The number of nitrogens with one attached hydrogen (secondary N) is 1. The van der Waals surface area contributed by atoms with Gasteiger partial charge in [-0.15, -0.1) is 0 Å². The summed E-state index contributed by atoms with van der Waals surface area (Å²) in [6.07, 6.45) is 0.797. The average molecular weight is 430 g/mol. The van der Waals surface area contributed by atoms with Gasteiger partial charge in [-0.3, -0.25) is 4.79 Å². The summed E-state index contributed by atoms with van der Waals surface area (Å²) in [7, 11) is 0. The molecule has 30 heavy (non-hydrogen) atoms. The van der Waals surface area contributed by atoms with Crippen LogP contribution in [-0.4, -0.2) is 32.2 Å². The van der Waals surface area contributed by atoms with Crippen LogP contribution in [0.4, 0.5) is 0 Å². The first kappa shape index (κ1) is 23.6. The van der Waals surface area contributed by atoms with Gasteiger partial charge in [0.15, 0.2) is 11.0 Å². The van der Waals surface area contributed by atoms with Crippen molar-refractivity contribution in [2.75, 3.05) is 26.2 Å². The van der Waals surface area contributed by atoms with Crippen LogP contribution in [0.25, 0.3) is 22.3 Å². The minimum absolute atomic E-state index is 0. The van der Waals surface area contributed by atoms with E-state index in [1.54, 1.807) is 25.1 Å². The highest BCUT2D eigenvalue weighted by atomic mass is 35.5. The van der Waals surface area contributed by atoms with Crippen LogP contribution in [0.1, 0.15) is 36.2 Å².